The van der Waals surface area contributed by atoms with Crippen LogP contribution in [0.4, 0.5) is 0 Å². The first-order valence-electron chi connectivity index (χ1n) is 5.28. The third-order valence-electron chi connectivity index (χ3n) is 3.13. The molecule has 2 aliphatic rings. The summed E-state index contributed by atoms with van der Waals surface area (Å²) in [4.78, 5) is 13.6. The lowest BCUT2D eigenvalue weighted by molar-refractivity contribution is -0.134. The van der Waals surface area contributed by atoms with E-state index in [9.17, 15) is 9.90 Å². The Hall–Kier alpha value is -1.27. The zero-order valence-electron chi connectivity index (χ0n) is 8.60. The number of carbonyl (C=O) groups is 1. The highest BCUT2D eigenvalue weighted by Crippen LogP contribution is 2.35. The number of aliphatic hydroxyl groups excluding tert-OH is 1. The molecule has 2 rings (SSSR count). The van der Waals surface area contributed by atoms with Crippen molar-refractivity contribution in [2.75, 3.05) is 0 Å². The maximum absolute atomic E-state index is 12.0. The number of amides is 1. The Morgan fingerprint density at radius 1 is 1.60 bits per heavy atom. The van der Waals surface area contributed by atoms with E-state index in [0.29, 0.717) is 6.42 Å². The monoisotopic (exact) mass is 205 g/mol. The molecule has 0 aromatic carbocycles. The first-order chi connectivity index (χ1) is 7.19. The summed E-state index contributed by atoms with van der Waals surface area (Å²) < 4.78 is 0. The molecule has 0 bridgehead atoms. The predicted molar refractivity (Wildman–Crippen MR) is 56.8 cm³/mol. The van der Waals surface area contributed by atoms with Crippen LogP contribution in [-0.2, 0) is 4.79 Å². The normalized spacial score (nSPS) is 34.9. The molecule has 1 saturated carbocycles. The van der Waals surface area contributed by atoms with Gasteiger partial charge in [-0.1, -0.05) is 12.0 Å². The molecule has 1 heterocycles. The molecule has 80 valence electrons. The molecule has 1 N–H and O–H groups in total. The van der Waals surface area contributed by atoms with E-state index in [2.05, 4.69) is 12.5 Å². The summed E-state index contributed by atoms with van der Waals surface area (Å²) in [5, 5.41) is 9.75. The van der Waals surface area contributed by atoms with E-state index < -0.39 is 6.10 Å². The molecule has 0 radical (unpaired) electrons. The van der Waals surface area contributed by atoms with Gasteiger partial charge >= 0.3 is 0 Å². The molecule has 0 spiro atoms. The number of hydrogen-bond donors (Lipinski definition) is 1. The summed E-state index contributed by atoms with van der Waals surface area (Å²) in [5.41, 5.74) is 0. The van der Waals surface area contributed by atoms with Crippen molar-refractivity contribution in [1.82, 2.24) is 4.90 Å². The fraction of sp³-hybridized carbons (Fsp3) is 0.583. The number of likely N-dealkylation sites (tertiary alicyclic amines) is 1. The minimum atomic E-state index is -0.564. The van der Waals surface area contributed by atoms with E-state index in [1.165, 1.54) is 0 Å². The SMILES string of the molecule is C#C[C@H]1C[C@H](O)[C@@H](C=C)N1C(=O)C1CC1. The van der Waals surface area contributed by atoms with Gasteiger partial charge in [-0.05, 0) is 12.8 Å². The molecule has 3 nitrogen and oxygen atoms in total. The molecule has 0 aromatic heterocycles. The zero-order valence-corrected chi connectivity index (χ0v) is 8.60. The molecule has 1 amide bonds. The second-order valence-corrected chi connectivity index (χ2v) is 4.23. The van der Waals surface area contributed by atoms with Crippen molar-refractivity contribution in [3.8, 4) is 12.3 Å². The minimum absolute atomic E-state index is 0.0828. The Bertz CT molecular complexity index is 327. The standard InChI is InChI=1S/C12H15NO2/c1-3-9-7-11(14)10(4-2)13(9)12(15)8-5-6-8/h1,4,8-11,14H,2,5-7H2/t9-,10+,11-/m0/s1. The van der Waals surface area contributed by atoms with Crippen LogP contribution >= 0.6 is 0 Å². The fourth-order valence-corrected chi connectivity index (χ4v) is 2.14. The molecule has 3 heteroatoms. The van der Waals surface area contributed by atoms with E-state index in [0.717, 1.165) is 12.8 Å². The molecule has 1 aliphatic heterocycles. The number of nitrogens with zero attached hydrogens (tertiary/aromatic N) is 1. The second-order valence-electron chi connectivity index (χ2n) is 4.23. The first kappa shape index (κ1) is 10.3. The average molecular weight is 205 g/mol. The molecule has 15 heavy (non-hydrogen) atoms. The van der Waals surface area contributed by atoms with Crippen molar-refractivity contribution in [3.05, 3.63) is 12.7 Å². The van der Waals surface area contributed by atoms with E-state index in [1.54, 1.807) is 11.0 Å². The Balaban J connectivity index is 2.20. The van der Waals surface area contributed by atoms with Gasteiger partial charge < -0.3 is 10.0 Å². The number of carbonyl (C=O) groups excluding carboxylic acids is 1. The van der Waals surface area contributed by atoms with E-state index >= 15 is 0 Å². The quantitative estimate of drug-likeness (QED) is 0.528. The zero-order chi connectivity index (χ0) is 11.0. The van der Waals surface area contributed by atoms with Crippen molar-refractivity contribution in [1.29, 1.82) is 0 Å². The van der Waals surface area contributed by atoms with E-state index in [4.69, 9.17) is 6.42 Å². The van der Waals surface area contributed by atoms with Gasteiger partial charge in [0.05, 0.1) is 18.2 Å². The van der Waals surface area contributed by atoms with Crippen molar-refractivity contribution < 1.29 is 9.90 Å². The lowest BCUT2D eigenvalue weighted by Gasteiger charge is -2.26. The summed E-state index contributed by atoms with van der Waals surface area (Å²) in [7, 11) is 0. The smallest absolute Gasteiger partial charge is 0.227 e. The topological polar surface area (TPSA) is 40.5 Å². The van der Waals surface area contributed by atoms with Gasteiger partial charge in [-0.15, -0.1) is 13.0 Å². The van der Waals surface area contributed by atoms with Crippen molar-refractivity contribution >= 4 is 5.91 Å². The van der Waals surface area contributed by atoms with E-state index in [-0.39, 0.29) is 23.9 Å². The molecule has 1 aliphatic carbocycles. The first-order valence-corrected chi connectivity index (χ1v) is 5.28. The number of rotatable bonds is 2. The van der Waals surface area contributed by atoms with Crippen LogP contribution in [0.3, 0.4) is 0 Å². The summed E-state index contributed by atoms with van der Waals surface area (Å²) >= 11 is 0. The Labute approximate surface area is 89.8 Å². The Morgan fingerprint density at radius 2 is 2.27 bits per heavy atom. The molecule has 0 unspecified atom stereocenters. The molecular formula is C12H15NO2. The second kappa shape index (κ2) is 3.71. The van der Waals surface area contributed by atoms with Crippen molar-refractivity contribution in [3.63, 3.8) is 0 Å². The van der Waals surface area contributed by atoms with Gasteiger partial charge in [-0.25, -0.2) is 0 Å². The maximum Gasteiger partial charge on any atom is 0.227 e. The van der Waals surface area contributed by atoms with Crippen LogP contribution in [0.5, 0.6) is 0 Å². The van der Waals surface area contributed by atoms with Gasteiger partial charge in [0.1, 0.15) is 0 Å². The number of aliphatic hydroxyl groups is 1. The van der Waals surface area contributed by atoms with E-state index in [1.807, 2.05) is 0 Å². The number of hydrogen-bond acceptors (Lipinski definition) is 2. The predicted octanol–water partition coefficient (Wildman–Crippen LogP) is 0.546. The van der Waals surface area contributed by atoms with Gasteiger partial charge in [-0.3, -0.25) is 4.79 Å². The molecule has 1 saturated heterocycles. The van der Waals surface area contributed by atoms with Crippen LogP contribution in [0.2, 0.25) is 0 Å². The lowest BCUT2D eigenvalue weighted by Crippen LogP contribution is -2.42. The molecule has 0 aromatic rings. The van der Waals surface area contributed by atoms with Crippen molar-refractivity contribution in [2.45, 2.75) is 37.5 Å². The fourth-order valence-electron chi connectivity index (χ4n) is 2.14. The summed E-state index contributed by atoms with van der Waals surface area (Å²) in [6, 6.07) is -0.574. The largest absolute Gasteiger partial charge is 0.391 e. The number of terminal acetylenes is 1. The van der Waals surface area contributed by atoms with Crippen LogP contribution in [0.25, 0.3) is 0 Å². The van der Waals surface area contributed by atoms with Crippen LogP contribution in [0, 0.1) is 18.3 Å². The van der Waals surface area contributed by atoms with Crippen LogP contribution in [0.15, 0.2) is 12.7 Å². The minimum Gasteiger partial charge on any atom is -0.391 e. The molecular weight excluding hydrogens is 190 g/mol. The Kier molecular flexibility index (Phi) is 2.54. The van der Waals surface area contributed by atoms with Gasteiger partial charge in [0.15, 0.2) is 0 Å². The van der Waals surface area contributed by atoms with Crippen LogP contribution in [0.1, 0.15) is 19.3 Å². The molecule has 3 atom stereocenters. The highest BCUT2D eigenvalue weighted by molar-refractivity contribution is 5.82. The van der Waals surface area contributed by atoms with Crippen molar-refractivity contribution in [2.24, 2.45) is 5.92 Å². The van der Waals surface area contributed by atoms with Gasteiger partial charge in [0.2, 0.25) is 5.91 Å². The summed E-state index contributed by atoms with van der Waals surface area (Å²) in [5.74, 6) is 2.79. The maximum atomic E-state index is 12.0. The highest BCUT2D eigenvalue weighted by Gasteiger charge is 2.45. The summed E-state index contributed by atoms with van der Waals surface area (Å²) in [6.45, 7) is 3.65. The third-order valence-corrected chi connectivity index (χ3v) is 3.13. The van der Waals surface area contributed by atoms with Crippen LogP contribution in [-0.4, -0.2) is 34.1 Å². The lowest BCUT2D eigenvalue weighted by atomic mass is 10.1. The third kappa shape index (κ3) is 1.66. The van der Waals surface area contributed by atoms with Crippen LogP contribution < -0.4 is 0 Å². The highest BCUT2D eigenvalue weighted by atomic mass is 16.3. The summed E-state index contributed by atoms with van der Waals surface area (Å²) in [6.07, 6.45) is 8.79. The molecule has 2 fully saturated rings. The van der Waals surface area contributed by atoms with Gasteiger partial charge in [0, 0.05) is 12.3 Å². The average Bonchev–Trinajstić information content (AvgIpc) is 3.01. The Morgan fingerprint density at radius 3 is 2.73 bits per heavy atom. The van der Waals surface area contributed by atoms with Gasteiger partial charge in [0.25, 0.3) is 0 Å². The van der Waals surface area contributed by atoms with Gasteiger partial charge in [-0.2, -0.15) is 0 Å².